The van der Waals surface area contributed by atoms with Crippen LogP contribution >= 0.6 is 0 Å². The fourth-order valence-electron chi connectivity index (χ4n) is 4.72. The summed E-state index contributed by atoms with van der Waals surface area (Å²) >= 11 is 0. The van der Waals surface area contributed by atoms with Crippen LogP contribution in [0.25, 0.3) is 6.08 Å². The second-order valence-electron chi connectivity index (χ2n) is 8.98. The largest absolute Gasteiger partial charge is 0.493 e. The number of hydrogen-bond donors (Lipinski definition) is 0. The molecule has 0 aromatic heterocycles. The van der Waals surface area contributed by atoms with Crippen molar-refractivity contribution in [1.82, 2.24) is 9.80 Å². The molecule has 0 radical (unpaired) electrons. The third-order valence-corrected chi connectivity index (χ3v) is 6.39. The number of nitrogens with zero attached hydrogens (tertiary/aromatic N) is 2. The number of benzene rings is 2. The number of rotatable bonds is 13. The van der Waals surface area contributed by atoms with E-state index in [4.69, 9.17) is 18.9 Å². The molecule has 2 aromatic rings. The molecule has 2 aromatic carbocycles. The minimum Gasteiger partial charge on any atom is -0.493 e. The molecule has 0 spiro atoms. The monoisotopic (exact) mass is 496 g/mol. The smallest absolute Gasteiger partial charge is 0.254 e. The van der Waals surface area contributed by atoms with Crippen molar-refractivity contribution in [3.63, 3.8) is 0 Å². The van der Waals surface area contributed by atoms with Crippen LogP contribution in [-0.4, -0.2) is 76.1 Å². The number of amides is 1. The van der Waals surface area contributed by atoms with Gasteiger partial charge in [0.15, 0.2) is 11.5 Å². The van der Waals surface area contributed by atoms with Crippen molar-refractivity contribution in [1.29, 1.82) is 0 Å². The molecule has 3 rings (SSSR count). The van der Waals surface area contributed by atoms with E-state index in [9.17, 15) is 4.79 Å². The van der Waals surface area contributed by atoms with Gasteiger partial charge in [-0.25, -0.2) is 0 Å². The molecule has 0 N–H and O–H groups in total. The predicted molar refractivity (Wildman–Crippen MR) is 143 cm³/mol. The van der Waals surface area contributed by atoms with Crippen LogP contribution in [0.5, 0.6) is 17.2 Å². The predicted octanol–water partition coefficient (Wildman–Crippen LogP) is 5.11. The van der Waals surface area contributed by atoms with Crippen LogP contribution in [0.2, 0.25) is 0 Å². The van der Waals surface area contributed by atoms with Gasteiger partial charge in [0.2, 0.25) is 5.75 Å². The summed E-state index contributed by atoms with van der Waals surface area (Å²) in [6.45, 7) is 7.91. The van der Waals surface area contributed by atoms with Gasteiger partial charge in [0.05, 0.1) is 21.3 Å². The average molecular weight is 497 g/mol. The Hall–Kier alpha value is -3.03. The first-order valence-electron chi connectivity index (χ1n) is 12.7. The van der Waals surface area contributed by atoms with Crippen LogP contribution in [0.3, 0.4) is 0 Å². The van der Waals surface area contributed by atoms with Crippen molar-refractivity contribution in [2.24, 2.45) is 0 Å². The molecular weight excluding hydrogens is 456 g/mol. The van der Waals surface area contributed by atoms with Crippen molar-refractivity contribution < 1.29 is 23.7 Å². The second-order valence-corrected chi connectivity index (χ2v) is 8.98. The molecule has 1 saturated heterocycles. The molecule has 36 heavy (non-hydrogen) atoms. The highest BCUT2D eigenvalue weighted by Crippen LogP contribution is 2.38. The Morgan fingerprint density at radius 3 is 2.39 bits per heavy atom. The van der Waals surface area contributed by atoms with E-state index in [1.165, 1.54) is 0 Å². The standard InChI is InChI=1S/C29H40N2O5/c1-6-36-27-14-10-15-30(27)16-11-17-31(21-22(2)18-23-12-8-7-9-13-23)29(32)24-19-25(33-3)28(35-5)26(20-24)34-4/h7-9,12-13,18-20,27H,6,10-11,14-17,21H2,1-5H3/t27-/m0/s1. The summed E-state index contributed by atoms with van der Waals surface area (Å²) in [5.74, 6) is 1.33. The zero-order valence-corrected chi connectivity index (χ0v) is 22.3. The summed E-state index contributed by atoms with van der Waals surface area (Å²) in [5, 5.41) is 0. The summed E-state index contributed by atoms with van der Waals surface area (Å²) < 4.78 is 22.3. The Morgan fingerprint density at radius 1 is 1.08 bits per heavy atom. The highest BCUT2D eigenvalue weighted by molar-refractivity contribution is 5.96. The number of carbonyl (C=O) groups excluding carboxylic acids is 1. The van der Waals surface area contributed by atoms with Gasteiger partial charge in [0.25, 0.3) is 5.91 Å². The Balaban J connectivity index is 1.81. The zero-order valence-electron chi connectivity index (χ0n) is 22.3. The maximum Gasteiger partial charge on any atom is 0.254 e. The van der Waals surface area contributed by atoms with Gasteiger partial charge in [0.1, 0.15) is 6.23 Å². The average Bonchev–Trinajstić information content (AvgIpc) is 3.34. The number of carbonyl (C=O) groups is 1. The SMILES string of the molecule is CCO[C@H]1CCCN1CCCN(CC(C)=Cc1ccccc1)C(=O)c1cc(OC)c(OC)c(OC)c1. The second kappa shape index (κ2) is 13.9. The number of methoxy groups -OCH3 is 3. The van der Waals surface area contributed by atoms with Crippen molar-refractivity contribution in [2.45, 2.75) is 39.3 Å². The van der Waals surface area contributed by atoms with Crippen LogP contribution in [0.4, 0.5) is 0 Å². The molecule has 1 amide bonds. The van der Waals surface area contributed by atoms with Crippen LogP contribution in [0.15, 0.2) is 48.0 Å². The summed E-state index contributed by atoms with van der Waals surface area (Å²) in [4.78, 5) is 18.1. The van der Waals surface area contributed by atoms with Crippen molar-refractivity contribution >= 4 is 12.0 Å². The minimum atomic E-state index is -0.0714. The fraction of sp³-hybridized carbons (Fsp3) is 0.483. The van der Waals surface area contributed by atoms with Gasteiger partial charge in [-0.15, -0.1) is 0 Å². The van der Waals surface area contributed by atoms with Crippen molar-refractivity contribution in [3.8, 4) is 17.2 Å². The summed E-state index contributed by atoms with van der Waals surface area (Å²) in [5.41, 5.74) is 2.73. The van der Waals surface area contributed by atoms with Crippen molar-refractivity contribution in [3.05, 3.63) is 59.2 Å². The number of hydrogen-bond acceptors (Lipinski definition) is 6. The molecule has 0 saturated carbocycles. The van der Waals surface area contributed by atoms with Crippen LogP contribution in [-0.2, 0) is 4.74 Å². The third kappa shape index (κ3) is 7.24. The van der Waals surface area contributed by atoms with E-state index < -0.39 is 0 Å². The molecule has 1 aliphatic rings. The molecule has 0 unspecified atom stereocenters. The van der Waals surface area contributed by atoms with Crippen LogP contribution in [0, 0.1) is 0 Å². The van der Waals surface area contributed by atoms with Gasteiger partial charge in [-0.2, -0.15) is 0 Å². The van der Waals surface area contributed by atoms with E-state index in [1.807, 2.05) is 30.0 Å². The lowest BCUT2D eigenvalue weighted by Gasteiger charge is -2.27. The first-order chi connectivity index (χ1) is 17.5. The fourth-order valence-corrected chi connectivity index (χ4v) is 4.72. The quantitative estimate of drug-likeness (QED) is 0.384. The topological polar surface area (TPSA) is 60.5 Å². The molecule has 0 bridgehead atoms. The van der Waals surface area contributed by atoms with Gasteiger partial charge in [0, 0.05) is 38.3 Å². The maximum absolute atomic E-state index is 13.8. The molecule has 1 atom stereocenters. The van der Waals surface area contributed by atoms with Gasteiger partial charge in [-0.1, -0.05) is 42.0 Å². The molecule has 7 heteroatoms. The summed E-state index contributed by atoms with van der Waals surface area (Å²) in [6, 6.07) is 13.6. The van der Waals surface area contributed by atoms with E-state index in [0.29, 0.717) is 35.9 Å². The Morgan fingerprint density at radius 2 is 1.78 bits per heavy atom. The summed E-state index contributed by atoms with van der Waals surface area (Å²) in [6.07, 6.45) is 5.40. The van der Waals surface area contributed by atoms with E-state index in [1.54, 1.807) is 33.5 Å². The Bertz CT molecular complexity index is 983. The molecule has 196 valence electrons. The van der Waals surface area contributed by atoms with Gasteiger partial charge in [-0.3, -0.25) is 9.69 Å². The van der Waals surface area contributed by atoms with E-state index in [2.05, 4.69) is 30.0 Å². The molecule has 1 heterocycles. The molecule has 0 aliphatic carbocycles. The first kappa shape index (κ1) is 27.6. The van der Waals surface area contributed by atoms with Gasteiger partial charge >= 0.3 is 0 Å². The number of likely N-dealkylation sites (tertiary alicyclic amines) is 1. The van der Waals surface area contributed by atoms with Gasteiger partial charge in [-0.05, 0) is 50.8 Å². The van der Waals surface area contributed by atoms with E-state index in [-0.39, 0.29) is 12.1 Å². The van der Waals surface area contributed by atoms with Crippen LogP contribution < -0.4 is 14.2 Å². The lowest BCUT2D eigenvalue weighted by molar-refractivity contribution is -0.0301. The Kier molecular flexibility index (Phi) is 10.6. The van der Waals surface area contributed by atoms with E-state index in [0.717, 1.165) is 50.1 Å². The zero-order chi connectivity index (χ0) is 25.9. The van der Waals surface area contributed by atoms with Gasteiger partial charge < -0.3 is 23.8 Å². The maximum atomic E-state index is 13.8. The molecule has 7 nitrogen and oxygen atoms in total. The summed E-state index contributed by atoms with van der Waals surface area (Å²) in [7, 11) is 4.67. The lowest BCUT2D eigenvalue weighted by Crippen LogP contribution is -2.37. The minimum absolute atomic E-state index is 0.0714. The Labute approximate surface area is 215 Å². The normalized spacial score (nSPS) is 16.1. The van der Waals surface area contributed by atoms with E-state index >= 15 is 0 Å². The molecular formula is C29H40N2O5. The third-order valence-electron chi connectivity index (χ3n) is 6.39. The first-order valence-corrected chi connectivity index (χ1v) is 12.7. The highest BCUT2D eigenvalue weighted by Gasteiger charge is 2.25. The van der Waals surface area contributed by atoms with Crippen LogP contribution in [0.1, 0.15) is 49.0 Å². The molecule has 1 fully saturated rings. The lowest BCUT2D eigenvalue weighted by atomic mass is 10.1. The molecule has 1 aliphatic heterocycles. The number of ether oxygens (including phenoxy) is 4. The highest BCUT2D eigenvalue weighted by atomic mass is 16.5. The van der Waals surface area contributed by atoms with Crippen molar-refractivity contribution in [2.75, 3.05) is 54.1 Å².